The number of hydrogen-bond acceptors (Lipinski definition) is 6. The van der Waals surface area contributed by atoms with Gasteiger partial charge in [-0.2, -0.15) is 0 Å². The van der Waals surface area contributed by atoms with Crippen LogP contribution in [0, 0.1) is 29.6 Å². The van der Waals surface area contributed by atoms with Crippen molar-refractivity contribution in [1.82, 2.24) is 14.8 Å². The molecule has 0 radical (unpaired) electrons. The van der Waals surface area contributed by atoms with Crippen molar-refractivity contribution in [2.24, 2.45) is 17.8 Å². The van der Waals surface area contributed by atoms with Gasteiger partial charge in [0.25, 0.3) is 5.91 Å². The molecule has 0 aromatic carbocycles. The summed E-state index contributed by atoms with van der Waals surface area (Å²) in [4.78, 5) is 22.1. The second-order valence-electron chi connectivity index (χ2n) is 10.4. The van der Waals surface area contributed by atoms with Crippen LogP contribution in [-0.4, -0.2) is 84.4 Å². The average molecular weight is 472 g/mol. The molecule has 2 aliphatic heterocycles. The third-order valence-corrected chi connectivity index (χ3v) is 6.67. The van der Waals surface area contributed by atoms with E-state index in [-0.39, 0.29) is 30.6 Å². The van der Waals surface area contributed by atoms with E-state index < -0.39 is 0 Å². The summed E-state index contributed by atoms with van der Waals surface area (Å²) >= 11 is 0. The van der Waals surface area contributed by atoms with Gasteiger partial charge >= 0.3 is 0 Å². The van der Waals surface area contributed by atoms with Crippen molar-refractivity contribution in [3.63, 3.8) is 0 Å². The monoisotopic (exact) mass is 471 g/mol. The second-order valence-corrected chi connectivity index (χ2v) is 10.4. The van der Waals surface area contributed by atoms with Gasteiger partial charge in [-0.3, -0.25) is 4.79 Å². The maximum Gasteiger partial charge on any atom is 0.259 e. The summed E-state index contributed by atoms with van der Waals surface area (Å²) < 4.78 is 11.9. The van der Waals surface area contributed by atoms with E-state index in [1.54, 1.807) is 17.2 Å². The minimum Gasteiger partial charge on any atom is -0.472 e. The van der Waals surface area contributed by atoms with Crippen LogP contribution in [0.4, 0.5) is 0 Å². The van der Waals surface area contributed by atoms with Crippen LogP contribution in [0.25, 0.3) is 0 Å². The van der Waals surface area contributed by atoms with E-state index in [9.17, 15) is 9.90 Å². The number of aliphatic hydroxyl groups is 1. The highest BCUT2D eigenvalue weighted by molar-refractivity contribution is 5.97. The number of aromatic nitrogens is 1. The summed E-state index contributed by atoms with van der Waals surface area (Å²) in [6.45, 7) is 12.1. The van der Waals surface area contributed by atoms with Gasteiger partial charge in [0, 0.05) is 56.9 Å². The molecule has 3 atom stereocenters. The lowest BCUT2D eigenvalue weighted by Gasteiger charge is -2.38. The van der Waals surface area contributed by atoms with Gasteiger partial charge in [0.1, 0.15) is 11.7 Å². The molecule has 1 aromatic heterocycles. The molecule has 1 N–H and O–H groups in total. The van der Waals surface area contributed by atoms with Gasteiger partial charge in [0.05, 0.1) is 12.6 Å². The highest BCUT2D eigenvalue weighted by atomic mass is 16.5. The fourth-order valence-electron chi connectivity index (χ4n) is 4.50. The van der Waals surface area contributed by atoms with E-state index in [0.717, 1.165) is 45.6 Å². The maximum atomic E-state index is 13.5. The molecular weight excluding hydrogens is 430 g/mol. The minimum atomic E-state index is -0.294. The number of nitrogens with zero attached hydrogens (tertiary/aromatic N) is 3. The zero-order chi connectivity index (χ0) is 24.7. The van der Waals surface area contributed by atoms with Crippen LogP contribution >= 0.6 is 0 Å². The number of aliphatic hydroxyl groups excluding tert-OH is 1. The van der Waals surface area contributed by atoms with E-state index >= 15 is 0 Å². The summed E-state index contributed by atoms with van der Waals surface area (Å²) in [5.74, 6) is 7.67. The largest absolute Gasteiger partial charge is 0.472 e. The Hall–Kier alpha value is -2.14. The Bertz CT molecular complexity index is 872. The third-order valence-electron chi connectivity index (χ3n) is 6.67. The van der Waals surface area contributed by atoms with Crippen LogP contribution in [0.2, 0.25) is 0 Å². The predicted octanol–water partition coefficient (Wildman–Crippen LogP) is 3.06. The number of pyridine rings is 1. The molecule has 3 heterocycles. The van der Waals surface area contributed by atoms with Crippen LogP contribution in [0.3, 0.4) is 0 Å². The minimum absolute atomic E-state index is 0.0792. The number of fused-ring (bicyclic) bond motifs is 1. The van der Waals surface area contributed by atoms with E-state index in [4.69, 9.17) is 9.47 Å². The molecule has 0 spiro atoms. The number of carbonyl (C=O) groups excluding carboxylic acids is 1. The summed E-state index contributed by atoms with van der Waals surface area (Å²) in [6.07, 6.45) is 4.53. The molecule has 7 heteroatoms. The van der Waals surface area contributed by atoms with Crippen molar-refractivity contribution in [3.8, 4) is 17.7 Å². The van der Waals surface area contributed by atoms with E-state index in [0.29, 0.717) is 35.4 Å². The lowest BCUT2D eigenvalue weighted by atomic mass is 9.97. The van der Waals surface area contributed by atoms with Gasteiger partial charge < -0.3 is 24.4 Å². The predicted molar refractivity (Wildman–Crippen MR) is 133 cm³/mol. The highest BCUT2D eigenvalue weighted by Crippen LogP contribution is 2.27. The van der Waals surface area contributed by atoms with Crippen molar-refractivity contribution in [3.05, 3.63) is 23.4 Å². The Morgan fingerprint density at radius 1 is 1.26 bits per heavy atom. The normalized spacial score (nSPS) is 22.5. The molecule has 0 unspecified atom stereocenters. The third kappa shape index (κ3) is 7.18. The molecule has 34 heavy (non-hydrogen) atoms. The highest BCUT2D eigenvalue weighted by Gasteiger charge is 2.34. The first-order valence-corrected chi connectivity index (χ1v) is 12.6. The first kappa shape index (κ1) is 26.5. The van der Waals surface area contributed by atoms with E-state index in [2.05, 4.69) is 49.5 Å². The topological polar surface area (TPSA) is 75.1 Å². The molecule has 0 aliphatic carbocycles. The van der Waals surface area contributed by atoms with Crippen molar-refractivity contribution >= 4 is 5.91 Å². The summed E-state index contributed by atoms with van der Waals surface area (Å²) in [6, 6.07) is 1.49. The summed E-state index contributed by atoms with van der Waals surface area (Å²) in [7, 11) is 2.13. The molecule has 1 amide bonds. The van der Waals surface area contributed by atoms with Gasteiger partial charge in [0.2, 0.25) is 5.88 Å². The van der Waals surface area contributed by atoms with Crippen LogP contribution < -0.4 is 4.74 Å². The van der Waals surface area contributed by atoms with Gasteiger partial charge in [0.15, 0.2) is 0 Å². The van der Waals surface area contributed by atoms with Gasteiger partial charge in [-0.25, -0.2) is 4.98 Å². The lowest BCUT2D eigenvalue weighted by Crippen LogP contribution is -2.50. The lowest BCUT2D eigenvalue weighted by molar-refractivity contribution is 0.0254. The zero-order valence-corrected chi connectivity index (χ0v) is 21.4. The molecule has 1 aromatic rings. The van der Waals surface area contributed by atoms with Crippen molar-refractivity contribution in [2.45, 2.75) is 59.1 Å². The molecule has 7 nitrogen and oxygen atoms in total. The average Bonchev–Trinajstić information content (AvgIpc) is 2.81. The smallest absolute Gasteiger partial charge is 0.259 e. The molecule has 2 aliphatic rings. The number of rotatable bonds is 7. The Labute approximate surface area is 204 Å². The SMILES string of the molecule is CC(C)CC#Cc1cnc2c(c1)C(=O)N([C@@H](C)CO)C[C@H](C)[C@@H](CN(C)CC1CCOCC1)O2. The van der Waals surface area contributed by atoms with Crippen LogP contribution in [0.5, 0.6) is 5.88 Å². The van der Waals surface area contributed by atoms with Gasteiger partial charge in [-0.05, 0) is 44.7 Å². The zero-order valence-electron chi connectivity index (χ0n) is 21.4. The standard InChI is InChI=1S/C27H41N3O4/c1-19(2)7-6-8-23-13-24-26(28-14-23)34-25(17-29(5)16-22-9-11-33-12-10-22)20(3)15-30(27(24)32)21(4)18-31/h13-14,19-22,25,31H,7,9-12,15-18H2,1-5H3/t20-,21-,25+/m0/s1. The summed E-state index contributed by atoms with van der Waals surface area (Å²) in [5.41, 5.74) is 1.12. The molecule has 1 fully saturated rings. The summed E-state index contributed by atoms with van der Waals surface area (Å²) in [5, 5.41) is 9.84. The molecule has 188 valence electrons. The van der Waals surface area contributed by atoms with Gasteiger partial charge in [-0.15, -0.1) is 0 Å². The first-order valence-electron chi connectivity index (χ1n) is 12.6. The fourth-order valence-corrected chi connectivity index (χ4v) is 4.50. The van der Waals surface area contributed by atoms with Crippen molar-refractivity contribution in [1.29, 1.82) is 0 Å². The fraction of sp³-hybridized carbons (Fsp3) is 0.704. The van der Waals surface area contributed by atoms with Crippen LogP contribution in [-0.2, 0) is 4.74 Å². The molecule has 3 rings (SSSR count). The number of ether oxygens (including phenoxy) is 2. The van der Waals surface area contributed by atoms with Crippen LogP contribution in [0.15, 0.2) is 12.3 Å². The van der Waals surface area contributed by atoms with Crippen LogP contribution in [0.1, 0.15) is 62.9 Å². The Morgan fingerprint density at radius 3 is 2.68 bits per heavy atom. The Morgan fingerprint density at radius 2 is 2.00 bits per heavy atom. The molecular formula is C27H41N3O4. The van der Waals surface area contributed by atoms with E-state index in [1.165, 1.54) is 0 Å². The van der Waals surface area contributed by atoms with Gasteiger partial charge in [-0.1, -0.05) is 32.6 Å². The first-order chi connectivity index (χ1) is 16.3. The Kier molecular flexibility index (Phi) is 9.75. The van der Waals surface area contributed by atoms with E-state index in [1.807, 2.05) is 6.92 Å². The number of amides is 1. The molecule has 0 saturated carbocycles. The Balaban J connectivity index is 1.84. The number of carbonyl (C=O) groups is 1. The number of hydrogen-bond donors (Lipinski definition) is 1. The molecule has 0 bridgehead atoms. The molecule has 1 saturated heterocycles. The second kappa shape index (κ2) is 12.5. The van der Waals surface area contributed by atoms with Crippen molar-refractivity contribution < 1.29 is 19.4 Å². The van der Waals surface area contributed by atoms with Crippen molar-refractivity contribution in [2.75, 3.05) is 46.5 Å². The quantitative estimate of drug-likeness (QED) is 0.616. The number of likely N-dealkylation sites (N-methyl/N-ethyl adjacent to an activating group) is 1. The maximum absolute atomic E-state index is 13.5.